The van der Waals surface area contributed by atoms with Gasteiger partial charge in [0.2, 0.25) is 0 Å². The van der Waals surface area contributed by atoms with Crippen LogP contribution in [0.3, 0.4) is 0 Å². The van der Waals surface area contributed by atoms with E-state index in [2.05, 4.69) is 9.97 Å². The third-order valence-electron chi connectivity index (χ3n) is 4.59. The summed E-state index contributed by atoms with van der Waals surface area (Å²) in [5, 5.41) is 0. The van der Waals surface area contributed by atoms with Crippen molar-refractivity contribution in [3.8, 4) is 11.6 Å². The Bertz CT molecular complexity index is 1060. The molecule has 0 spiro atoms. The minimum atomic E-state index is -4.62. The maximum absolute atomic E-state index is 13.6. The molecule has 9 heteroatoms. The molecule has 2 aromatic heterocycles. The summed E-state index contributed by atoms with van der Waals surface area (Å²) in [5.41, 5.74) is -0.0677. The summed E-state index contributed by atoms with van der Waals surface area (Å²) in [6.07, 6.45) is -2.69. The second-order valence-electron chi connectivity index (χ2n) is 6.62. The number of fused-ring (bicyclic) bond motifs is 1. The highest BCUT2D eigenvalue weighted by molar-refractivity contribution is 5.47. The number of hydrogen-bond donors (Lipinski definition) is 1. The Kier molecular flexibility index (Phi) is 4.54. The van der Waals surface area contributed by atoms with Gasteiger partial charge in [-0.15, -0.1) is 0 Å². The van der Waals surface area contributed by atoms with Gasteiger partial charge >= 0.3 is 6.18 Å². The monoisotopic (exact) mass is 393 g/mol. The molecular formula is C19H15F4N3O2. The lowest BCUT2D eigenvalue weighted by Gasteiger charge is -2.27. The Balaban J connectivity index is 1.57. The maximum Gasteiger partial charge on any atom is 0.416 e. The maximum atomic E-state index is 13.6. The number of halogens is 4. The van der Waals surface area contributed by atoms with Crippen molar-refractivity contribution in [3.05, 3.63) is 75.2 Å². The van der Waals surface area contributed by atoms with Crippen molar-refractivity contribution in [1.29, 1.82) is 0 Å². The molecule has 0 bridgehead atoms. The topological polar surface area (TPSA) is 62.1 Å². The van der Waals surface area contributed by atoms with Gasteiger partial charge in [-0.3, -0.25) is 9.69 Å². The molecule has 28 heavy (non-hydrogen) atoms. The lowest BCUT2D eigenvalue weighted by Crippen LogP contribution is -2.35. The minimum absolute atomic E-state index is 0.0969. The lowest BCUT2D eigenvalue weighted by atomic mass is 10.0. The van der Waals surface area contributed by atoms with E-state index in [0.29, 0.717) is 41.9 Å². The van der Waals surface area contributed by atoms with Crippen molar-refractivity contribution in [2.45, 2.75) is 25.7 Å². The van der Waals surface area contributed by atoms with E-state index >= 15 is 0 Å². The average molecular weight is 393 g/mol. The molecule has 146 valence electrons. The molecule has 0 atom stereocenters. The molecule has 5 nitrogen and oxygen atoms in total. The van der Waals surface area contributed by atoms with Gasteiger partial charge in [-0.25, -0.2) is 9.37 Å². The van der Waals surface area contributed by atoms with E-state index in [1.165, 1.54) is 6.26 Å². The molecule has 1 aliphatic rings. The van der Waals surface area contributed by atoms with Crippen LogP contribution in [0.5, 0.6) is 0 Å². The van der Waals surface area contributed by atoms with Crippen molar-refractivity contribution >= 4 is 0 Å². The molecular weight excluding hydrogens is 378 g/mol. The van der Waals surface area contributed by atoms with Gasteiger partial charge in [0.05, 0.1) is 23.1 Å². The number of benzene rings is 1. The number of H-pyrrole nitrogens is 1. The Morgan fingerprint density at radius 3 is 2.79 bits per heavy atom. The van der Waals surface area contributed by atoms with Crippen molar-refractivity contribution < 1.29 is 22.0 Å². The van der Waals surface area contributed by atoms with Crippen LogP contribution in [0.2, 0.25) is 0 Å². The first-order chi connectivity index (χ1) is 13.3. The summed E-state index contributed by atoms with van der Waals surface area (Å²) in [7, 11) is 0. The second kappa shape index (κ2) is 6.90. The van der Waals surface area contributed by atoms with Gasteiger partial charge in [0, 0.05) is 26.1 Å². The summed E-state index contributed by atoms with van der Waals surface area (Å²) < 4.78 is 57.5. The first-order valence-corrected chi connectivity index (χ1v) is 8.54. The Morgan fingerprint density at radius 2 is 2.07 bits per heavy atom. The van der Waals surface area contributed by atoms with E-state index in [0.717, 1.165) is 12.1 Å². The van der Waals surface area contributed by atoms with Crippen LogP contribution in [0.15, 0.2) is 45.8 Å². The fourth-order valence-corrected chi connectivity index (χ4v) is 3.31. The normalized spacial score (nSPS) is 14.9. The summed E-state index contributed by atoms with van der Waals surface area (Å²) in [6, 6.07) is 5.85. The van der Waals surface area contributed by atoms with Crippen LogP contribution in [0.4, 0.5) is 17.6 Å². The van der Waals surface area contributed by atoms with E-state index in [9.17, 15) is 22.4 Å². The third-order valence-corrected chi connectivity index (χ3v) is 4.59. The zero-order valence-corrected chi connectivity index (χ0v) is 14.5. The highest BCUT2D eigenvalue weighted by Gasteiger charge is 2.31. The number of aromatic amines is 1. The van der Waals surface area contributed by atoms with Gasteiger partial charge in [-0.1, -0.05) is 0 Å². The van der Waals surface area contributed by atoms with E-state index in [4.69, 9.17) is 4.42 Å². The van der Waals surface area contributed by atoms with Crippen LogP contribution in [0, 0.1) is 5.82 Å². The molecule has 0 amide bonds. The summed E-state index contributed by atoms with van der Waals surface area (Å²) in [4.78, 5) is 21.3. The van der Waals surface area contributed by atoms with Crippen LogP contribution >= 0.6 is 0 Å². The van der Waals surface area contributed by atoms with Crippen LogP contribution in [0.25, 0.3) is 11.6 Å². The van der Waals surface area contributed by atoms with Crippen LogP contribution in [0.1, 0.15) is 22.4 Å². The van der Waals surface area contributed by atoms with Crippen LogP contribution < -0.4 is 5.56 Å². The zero-order chi connectivity index (χ0) is 19.9. The second-order valence-corrected chi connectivity index (χ2v) is 6.62. The van der Waals surface area contributed by atoms with Gasteiger partial charge in [0.25, 0.3) is 5.56 Å². The lowest BCUT2D eigenvalue weighted by molar-refractivity contribution is -0.137. The number of aromatic nitrogens is 2. The molecule has 1 aliphatic heterocycles. The third kappa shape index (κ3) is 3.70. The van der Waals surface area contributed by atoms with Crippen molar-refractivity contribution in [1.82, 2.24) is 14.9 Å². The molecule has 1 aromatic carbocycles. The van der Waals surface area contributed by atoms with Crippen molar-refractivity contribution in [3.63, 3.8) is 0 Å². The highest BCUT2D eigenvalue weighted by atomic mass is 19.4. The number of hydrogen-bond acceptors (Lipinski definition) is 4. The molecule has 0 saturated carbocycles. The summed E-state index contributed by atoms with van der Waals surface area (Å²) >= 11 is 0. The Labute approximate surface area is 156 Å². The summed E-state index contributed by atoms with van der Waals surface area (Å²) in [5.74, 6) is -0.159. The molecule has 0 saturated heterocycles. The first-order valence-electron chi connectivity index (χ1n) is 8.54. The first kappa shape index (κ1) is 18.4. The summed E-state index contributed by atoms with van der Waals surface area (Å²) in [6.45, 7) is 0.798. The number of nitrogens with zero attached hydrogens (tertiary/aromatic N) is 2. The highest BCUT2D eigenvalue weighted by Crippen LogP contribution is 2.31. The molecule has 3 aromatic rings. The fourth-order valence-electron chi connectivity index (χ4n) is 3.31. The van der Waals surface area contributed by atoms with E-state index in [1.54, 1.807) is 17.0 Å². The van der Waals surface area contributed by atoms with E-state index in [-0.39, 0.29) is 24.2 Å². The number of rotatable bonds is 3. The Morgan fingerprint density at radius 1 is 1.25 bits per heavy atom. The Hall–Kier alpha value is -2.94. The molecule has 0 radical (unpaired) electrons. The van der Waals surface area contributed by atoms with Gasteiger partial charge in [0.15, 0.2) is 11.6 Å². The fraction of sp³-hybridized carbons (Fsp3) is 0.263. The van der Waals surface area contributed by atoms with Crippen molar-refractivity contribution in [2.24, 2.45) is 0 Å². The predicted molar refractivity (Wildman–Crippen MR) is 91.8 cm³/mol. The van der Waals surface area contributed by atoms with Gasteiger partial charge < -0.3 is 9.40 Å². The van der Waals surface area contributed by atoms with Crippen LogP contribution in [-0.2, 0) is 25.7 Å². The number of furan rings is 1. The van der Waals surface area contributed by atoms with Crippen LogP contribution in [-0.4, -0.2) is 21.4 Å². The minimum Gasteiger partial charge on any atom is -0.461 e. The SMILES string of the molecule is O=c1[nH]c(-c2ccco2)nc2c1CN(Cc1cc(F)cc(C(F)(F)F)c1)CC2. The van der Waals surface area contributed by atoms with Gasteiger partial charge in [-0.05, 0) is 35.9 Å². The molecule has 0 fully saturated rings. The number of alkyl halides is 3. The predicted octanol–water partition coefficient (Wildman–Crippen LogP) is 3.75. The van der Waals surface area contributed by atoms with Gasteiger partial charge in [0.1, 0.15) is 5.82 Å². The molecule has 4 rings (SSSR count). The van der Waals surface area contributed by atoms with Gasteiger partial charge in [-0.2, -0.15) is 13.2 Å². The van der Waals surface area contributed by atoms with Crippen molar-refractivity contribution in [2.75, 3.05) is 6.54 Å². The van der Waals surface area contributed by atoms with E-state index < -0.39 is 17.6 Å². The molecule has 1 N–H and O–H groups in total. The standard InChI is InChI=1S/C19H15F4N3O2/c20-13-7-11(6-12(8-13)19(21,22)23)9-26-4-3-15-14(10-26)18(27)25-17(24-15)16-2-1-5-28-16/h1-2,5-8H,3-4,9-10H2,(H,24,25,27). The largest absolute Gasteiger partial charge is 0.461 e. The zero-order valence-electron chi connectivity index (χ0n) is 14.5. The van der Waals surface area contributed by atoms with E-state index in [1.807, 2.05) is 0 Å². The smallest absolute Gasteiger partial charge is 0.416 e. The number of nitrogens with one attached hydrogen (secondary N) is 1. The average Bonchev–Trinajstić information content (AvgIpc) is 3.15. The molecule has 3 heterocycles. The molecule has 0 aliphatic carbocycles. The molecule has 0 unspecified atom stereocenters. The quantitative estimate of drug-likeness (QED) is 0.689.